The van der Waals surface area contributed by atoms with Crippen LogP contribution >= 0.6 is 0 Å². The van der Waals surface area contributed by atoms with Crippen LogP contribution in [0.4, 0.5) is 5.82 Å². The van der Waals surface area contributed by atoms with Gasteiger partial charge in [0, 0.05) is 31.5 Å². The van der Waals surface area contributed by atoms with Gasteiger partial charge in [0.05, 0.1) is 19.1 Å². The zero-order valence-electron chi connectivity index (χ0n) is 11.7. The lowest BCUT2D eigenvalue weighted by atomic mass is 10.2. The SMILES string of the molecule is COCCN(CCC#N)C(=O)c1cc(C)nc(NN)c1. The van der Waals surface area contributed by atoms with Crippen LogP contribution in [0.3, 0.4) is 0 Å². The molecule has 20 heavy (non-hydrogen) atoms. The van der Waals surface area contributed by atoms with Gasteiger partial charge in [0.2, 0.25) is 0 Å². The molecule has 7 nitrogen and oxygen atoms in total. The average Bonchev–Trinajstić information content (AvgIpc) is 2.46. The molecule has 3 N–H and O–H groups in total. The van der Waals surface area contributed by atoms with E-state index in [2.05, 4.69) is 10.4 Å². The number of rotatable bonds is 7. The first-order chi connectivity index (χ1) is 9.62. The van der Waals surface area contributed by atoms with Crippen LogP contribution in [0.1, 0.15) is 22.5 Å². The van der Waals surface area contributed by atoms with E-state index in [-0.39, 0.29) is 12.3 Å². The van der Waals surface area contributed by atoms with Gasteiger partial charge in [0.25, 0.3) is 5.91 Å². The summed E-state index contributed by atoms with van der Waals surface area (Å²) >= 11 is 0. The van der Waals surface area contributed by atoms with Crippen molar-refractivity contribution in [3.05, 3.63) is 23.4 Å². The number of nitrogen functional groups attached to an aromatic ring is 1. The number of hydrogen-bond acceptors (Lipinski definition) is 6. The van der Waals surface area contributed by atoms with Gasteiger partial charge < -0.3 is 15.1 Å². The van der Waals surface area contributed by atoms with Gasteiger partial charge in [-0.3, -0.25) is 4.79 Å². The third-order valence-electron chi connectivity index (χ3n) is 2.69. The lowest BCUT2D eigenvalue weighted by Crippen LogP contribution is -2.34. The second-order valence-corrected chi connectivity index (χ2v) is 4.22. The van der Waals surface area contributed by atoms with Gasteiger partial charge in [-0.2, -0.15) is 5.26 Å². The molecule has 108 valence electrons. The Hall–Kier alpha value is -2.17. The van der Waals surface area contributed by atoms with Gasteiger partial charge in [-0.1, -0.05) is 0 Å². The third kappa shape index (κ3) is 4.50. The summed E-state index contributed by atoms with van der Waals surface area (Å²) in [6.07, 6.45) is 0.279. The average molecular weight is 277 g/mol. The maximum atomic E-state index is 12.4. The number of methoxy groups -OCH3 is 1. The van der Waals surface area contributed by atoms with Crippen molar-refractivity contribution in [2.24, 2.45) is 5.84 Å². The first-order valence-electron chi connectivity index (χ1n) is 6.22. The number of pyridine rings is 1. The molecule has 1 heterocycles. The second-order valence-electron chi connectivity index (χ2n) is 4.22. The Labute approximate surface area is 118 Å². The van der Waals surface area contributed by atoms with E-state index < -0.39 is 0 Å². The van der Waals surface area contributed by atoms with Crippen molar-refractivity contribution < 1.29 is 9.53 Å². The molecule has 0 aliphatic rings. The number of anilines is 1. The predicted molar refractivity (Wildman–Crippen MR) is 74.8 cm³/mol. The number of carbonyl (C=O) groups excluding carboxylic acids is 1. The van der Waals surface area contributed by atoms with Crippen LogP contribution in [0.15, 0.2) is 12.1 Å². The molecule has 7 heteroatoms. The summed E-state index contributed by atoms with van der Waals surface area (Å²) < 4.78 is 4.99. The quantitative estimate of drug-likeness (QED) is 0.561. The van der Waals surface area contributed by atoms with Crippen LogP contribution < -0.4 is 11.3 Å². The molecule has 0 bridgehead atoms. The number of aromatic nitrogens is 1. The van der Waals surface area contributed by atoms with E-state index in [9.17, 15) is 4.79 Å². The minimum atomic E-state index is -0.167. The van der Waals surface area contributed by atoms with Crippen molar-refractivity contribution in [2.45, 2.75) is 13.3 Å². The Morgan fingerprint density at radius 2 is 2.30 bits per heavy atom. The topological polar surface area (TPSA) is 104 Å². The summed E-state index contributed by atoms with van der Waals surface area (Å²) in [6.45, 7) is 3.00. The summed E-state index contributed by atoms with van der Waals surface area (Å²) in [6, 6.07) is 5.31. The van der Waals surface area contributed by atoms with E-state index in [1.807, 2.05) is 6.07 Å². The molecule has 0 radical (unpaired) electrons. The van der Waals surface area contributed by atoms with Crippen molar-refractivity contribution >= 4 is 11.7 Å². The van der Waals surface area contributed by atoms with E-state index in [0.717, 1.165) is 0 Å². The predicted octanol–water partition coefficient (Wildman–Crippen LogP) is 0.678. The summed E-state index contributed by atoms with van der Waals surface area (Å²) in [5.41, 5.74) is 3.61. The standard InChI is InChI=1S/C13H19N5O2/c1-10-8-11(9-12(16-10)17-15)13(19)18(5-3-4-14)6-7-20-2/h8-9H,3,5-7,15H2,1-2H3,(H,16,17). The van der Waals surface area contributed by atoms with Crippen molar-refractivity contribution in [1.82, 2.24) is 9.88 Å². The van der Waals surface area contributed by atoms with E-state index >= 15 is 0 Å². The summed E-state index contributed by atoms with van der Waals surface area (Å²) in [7, 11) is 1.57. The van der Waals surface area contributed by atoms with Gasteiger partial charge in [0.15, 0.2) is 0 Å². The molecule has 0 saturated heterocycles. The Morgan fingerprint density at radius 3 is 2.90 bits per heavy atom. The number of hydrazine groups is 1. The molecule has 0 aliphatic heterocycles. The zero-order valence-corrected chi connectivity index (χ0v) is 11.7. The Bertz CT molecular complexity index is 498. The fraction of sp³-hybridized carbons (Fsp3) is 0.462. The van der Waals surface area contributed by atoms with Gasteiger partial charge in [-0.15, -0.1) is 0 Å². The number of ether oxygens (including phenoxy) is 1. The molecule has 0 atom stereocenters. The van der Waals surface area contributed by atoms with Crippen molar-refractivity contribution in [3.8, 4) is 6.07 Å². The smallest absolute Gasteiger partial charge is 0.254 e. The highest BCUT2D eigenvalue weighted by Crippen LogP contribution is 2.12. The molecule has 1 amide bonds. The maximum absolute atomic E-state index is 12.4. The summed E-state index contributed by atoms with van der Waals surface area (Å²) in [4.78, 5) is 18.2. The van der Waals surface area contributed by atoms with Crippen molar-refractivity contribution in [1.29, 1.82) is 5.26 Å². The Kier molecular flexibility index (Phi) is 6.43. The third-order valence-corrected chi connectivity index (χ3v) is 2.69. The van der Waals surface area contributed by atoms with E-state index in [0.29, 0.717) is 36.8 Å². The number of nitrogens with two attached hydrogens (primary N) is 1. The highest BCUT2D eigenvalue weighted by Gasteiger charge is 2.16. The zero-order chi connectivity index (χ0) is 15.0. The number of nitrogens with one attached hydrogen (secondary N) is 1. The Balaban J connectivity index is 2.92. The lowest BCUT2D eigenvalue weighted by molar-refractivity contribution is 0.0699. The number of amides is 1. The molecule has 0 fully saturated rings. The molecule has 0 aliphatic carbocycles. The van der Waals surface area contributed by atoms with Gasteiger partial charge in [-0.25, -0.2) is 10.8 Å². The molecule has 1 aromatic heterocycles. The van der Waals surface area contributed by atoms with Crippen LogP contribution in [-0.2, 0) is 4.74 Å². The number of aryl methyl sites for hydroxylation is 1. The van der Waals surface area contributed by atoms with Crippen molar-refractivity contribution in [2.75, 3.05) is 32.2 Å². The van der Waals surface area contributed by atoms with Crippen molar-refractivity contribution in [3.63, 3.8) is 0 Å². The first-order valence-corrected chi connectivity index (χ1v) is 6.22. The molecular formula is C13H19N5O2. The largest absolute Gasteiger partial charge is 0.383 e. The minimum absolute atomic E-state index is 0.167. The molecule has 1 rings (SSSR count). The minimum Gasteiger partial charge on any atom is -0.383 e. The number of hydrogen-bond donors (Lipinski definition) is 2. The van der Waals surface area contributed by atoms with Crippen LogP contribution in [0, 0.1) is 18.3 Å². The number of carbonyl (C=O) groups is 1. The van der Waals surface area contributed by atoms with Crippen LogP contribution in [-0.4, -0.2) is 42.6 Å². The maximum Gasteiger partial charge on any atom is 0.254 e. The van der Waals surface area contributed by atoms with E-state index in [1.54, 1.807) is 31.1 Å². The fourth-order valence-electron chi connectivity index (χ4n) is 1.75. The monoisotopic (exact) mass is 277 g/mol. The van der Waals surface area contributed by atoms with E-state index in [1.165, 1.54) is 0 Å². The second kappa shape index (κ2) is 8.09. The van der Waals surface area contributed by atoms with Crippen LogP contribution in [0.2, 0.25) is 0 Å². The summed E-state index contributed by atoms with van der Waals surface area (Å²) in [5, 5.41) is 8.66. The fourth-order valence-corrected chi connectivity index (χ4v) is 1.75. The summed E-state index contributed by atoms with van der Waals surface area (Å²) in [5.74, 6) is 5.59. The van der Waals surface area contributed by atoms with E-state index in [4.69, 9.17) is 15.8 Å². The number of nitriles is 1. The van der Waals surface area contributed by atoms with Gasteiger partial charge in [0.1, 0.15) is 5.82 Å². The molecular weight excluding hydrogens is 258 g/mol. The van der Waals surface area contributed by atoms with Gasteiger partial charge >= 0.3 is 0 Å². The van der Waals surface area contributed by atoms with Gasteiger partial charge in [-0.05, 0) is 19.1 Å². The normalized spacial score (nSPS) is 9.90. The molecule has 0 unspecified atom stereocenters. The highest BCUT2D eigenvalue weighted by atomic mass is 16.5. The molecule has 0 saturated carbocycles. The number of nitrogens with zero attached hydrogens (tertiary/aromatic N) is 3. The molecule has 0 aromatic carbocycles. The van der Waals surface area contributed by atoms with Crippen LogP contribution in [0.5, 0.6) is 0 Å². The lowest BCUT2D eigenvalue weighted by Gasteiger charge is -2.21. The Morgan fingerprint density at radius 1 is 1.55 bits per heavy atom. The molecule has 0 spiro atoms. The molecule has 1 aromatic rings. The van der Waals surface area contributed by atoms with Crippen LogP contribution in [0.25, 0.3) is 0 Å². The highest BCUT2D eigenvalue weighted by molar-refractivity contribution is 5.95. The first kappa shape index (κ1) is 15.9.